The minimum Gasteiger partial charge on any atom is -0.507 e. The van der Waals surface area contributed by atoms with Gasteiger partial charge in [0.25, 0.3) is 0 Å². The molecule has 0 aromatic heterocycles. The first-order valence-corrected chi connectivity index (χ1v) is 5.88. The van der Waals surface area contributed by atoms with Gasteiger partial charge in [0, 0.05) is 0 Å². The summed E-state index contributed by atoms with van der Waals surface area (Å²) >= 11 is 0. The van der Waals surface area contributed by atoms with Crippen molar-refractivity contribution in [2.45, 2.75) is 40.0 Å². The van der Waals surface area contributed by atoms with Crippen LogP contribution in [0.5, 0.6) is 5.75 Å². The van der Waals surface area contributed by atoms with Crippen LogP contribution in [0.15, 0.2) is 12.1 Å². The molecular formula is C14H20O3. The topological polar surface area (TPSA) is 57.5 Å². The molecule has 94 valence electrons. The highest BCUT2D eigenvalue weighted by atomic mass is 16.4. The van der Waals surface area contributed by atoms with Gasteiger partial charge in [0.15, 0.2) is 0 Å². The minimum atomic E-state index is -0.834. The molecule has 0 amide bonds. The molecule has 2 N–H and O–H groups in total. The molecule has 3 heteroatoms. The molecule has 1 unspecified atom stereocenters. The second-order valence-electron chi connectivity index (χ2n) is 4.90. The van der Waals surface area contributed by atoms with Gasteiger partial charge in [0.2, 0.25) is 0 Å². The Balaban J connectivity index is 3.14. The van der Waals surface area contributed by atoms with Crippen LogP contribution in [0.1, 0.15) is 43.4 Å². The van der Waals surface area contributed by atoms with Crippen molar-refractivity contribution in [3.05, 3.63) is 28.8 Å². The summed E-state index contributed by atoms with van der Waals surface area (Å²) in [4.78, 5) is 10.9. The van der Waals surface area contributed by atoms with Crippen LogP contribution in [0.2, 0.25) is 0 Å². The molecule has 17 heavy (non-hydrogen) atoms. The molecule has 1 aromatic rings. The zero-order chi connectivity index (χ0) is 13.2. The SMILES string of the molecule is Cc1ccc(C(C)C)c(O)c1CC(C)C(=O)O. The van der Waals surface area contributed by atoms with Gasteiger partial charge >= 0.3 is 5.97 Å². The number of phenolic OH excluding ortho intramolecular Hbond substituents is 1. The van der Waals surface area contributed by atoms with E-state index in [0.717, 1.165) is 16.7 Å². The molecular weight excluding hydrogens is 216 g/mol. The Kier molecular flexibility index (Phi) is 4.16. The van der Waals surface area contributed by atoms with Gasteiger partial charge in [-0.3, -0.25) is 4.79 Å². The number of aliphatic carboxylic acids is 1. The molecule has 1 rings (SSSR count). The fourth-order valence-electron chi connectivity index (χ4n) is 1.87. The summed E-state index contributed by atoms with van der Waals surface area (Å²) in [5, 5.41) is 19.1. The number of rotatable bonds is 4. The minimum absolute atomic E-state index is 0.231. The normalized spacial score (nSPS) is 12.8. The molecule has 0 saturated heterocycles. The second kappa shape index (κ2) is 5.21. The maximum Gasteiger partial charge on any atom is 0.306 e. The summed E-state index contributed by atoms with van der Waals surface area (Å²) in [5.41, 5.74) is 2.58. The molecule has 0 aliphatic rings. The van der Waals surface area contributed by atoms with Gasteiger partial charge in [-0.2, -0.15) is 0 Å². The molecule has 0 bridgehead atoms. The number of hydrogen-bond acceptors (Lipinski definition) is 2. The number of aromatic hydroxyl groups is 1. The first kappa shape index (κ1) is 13.6. The third-order valence-electron chi connectivity index (χ3n) is 3.10. The molecule has 0 spiro atoms. The molecule has 0 aliphatic carbocycles. The lowest BCUT2D eigenvalue weighted by molar-refractivity contribution is -0.141. The molecule has 3 nitrogen and oxygen atoms in total. The van der Waals surface area contributed by atoms with Crippen LogP contribution >= 0.6 is 0 Å². The van der Waals surface area contributed by atoms with Crippen molar-refractivity contribution in [1.82, 2.24) is 0 Å². The molecule has 0 heterocycles. The Bertz CT molecular complexity index is 422. The summed E-state index contributed by atoms with van der Waals surface area (Å²) in [7, 11) is 0. The van der Waals surface area contributed by atoms with E-state index in [4.69, 9.17) is 5.11 Å². The zero-order valence-corrected chi connectivity index (χ0v) is 10.8. The van der Waals surface area contributed by atoms with E-state index in [1.165, 1.54) is 0 Å². The second-order valence-corrected chi connectivity index (χ2v) is 4.90. The molecule has 0 fully saturated rings. The first-order valence-electron chi connectivity index (χ1n) is 5.88. The highest BCUT2D eigenvalue weighted by Gasteiger charge is 2.18. The van der Waals surface area contributed by atoms with Crippen LogP contribution in [0.3, 0.4) is 0 Å². The highest BCUT2D eigenvalue weighted by Crippen LogP contribution is 2.32. The number of hydrogen-bond donors (Lipinski definition) is 2. The van der Waals surface area contributed by atoms with E-state index in [0.29, 0.717) is 6.42 Å². The number of carbonyl (C=O) groups is 1. The third-order valence-corrected chi connectivity index (χ3v) is 3.10. The number of carboxylic acids is 1. The van der Waals surface area contributed by atoms with Gasteiger partial charge in [0.1, 0.15) is 5.75 Å². The number of aryl methyl sites for hydroxylation is 1. The van der Waals surface area contributed by atoms with Gasteiger partial charge in [-0.1, -0.05) is 32.9 Å². The number of benzene rings is 1. The average molecular weight is 236 g/mol. The number of phenols is 1. The predicted octanol–water partition coefficient (Wildman–Crippen LogP) is 3.09. The van der Waals surface area contributed by atoms with E-state index in [2.05, 4.69) is 0 Å². The van der Waals surface area contributed by atoms with Crippen LogP contribution in [0, 0.1) is 12.8 Å². The van der Waals surface area contributed by atoms with Crippen LogP contribution in [0.25, 0.3) is 0 Å². The number of carboxylic acid groups (broad SMARTS) is 1. The van der Waals surface area contributed by atoms with Crippen molar-refractivity contribution < 1.29 is 15.0 Å². The summed E-state index contributed by atoms with van der Waals surface area (Å²) in [5.74, 6) is -0.830. The summed E-state index contributed by atoms with van der Waals surface area (Å²) in [6.45, 7) is 7.57. The van der Waals surface area contributed by atoms with Crippen LogP contribution in [-0.4, -0.2) is 16.2 Å². The molecule has 1 atom stereocenters. The summed E-state index contributed by atoms with van der Waals surface area (Å²) < 4.78 is 0. The lowest BCUT2D eigenvalue weighted by atomic mass is 9.91. The van der Waals surface area contributed by atoms with Crippen molar-refractivity contribution >= 4 is 5.97 Å². The fraction of sp³-hybridized carbons (Fsp3) is 0.500. The average Bonchev–Trinajstić information content (AvgIpc) is 2.22. The van der Waals surface area contributed by atoms with E-state index in [9.17, 15) is 9.90 Å². The maximum absolute atomic E-state index is 10.9. The summed E-state index contributed by atoms with van der Waals surface area (Å²) in [6.07, 6.45) is 0.369. The van der Waals surface area contributed by atoms with Crippen LogP contribution in [0.4, 0.5) is 0 Å². The third kappa shape index (κ3) is 2.99. The Labute approximate surface area is 102 Å². The smallest absolute Gasteiger partial charge is 0.306 e. The predicted molar refractivity (Wildman–Crippen MR) is 67.4 cm³/mol. The van der Waals surface area contributed by atoms with Gasteiger partial charge in [-0.25, -0.2) is 0 Å². The fourth-order valence-corrected chi connectivity index (χ4v) is 1.87. The molecule has 1 aromatic carbocycles. The Morgan fingerprint density at radius 1 is 1.29 bits per heavy atom. The Morgan fingerprint density at radius 3 is 2.35 bits per heavy atom. The van der Waals surface area contributed by atoms with Crippen molar-refractivity contribution in [2.75, 3.05) is 0 Å². The van der Waals surface area contributed by atoms with Crippen LogP contribution in [-0.2, 0) is 11.2 Å². The monoisotopic (exact) mass is 236 g/mol. The Hall–Kier alpha value is -1.51. The Morgan fingerprint density at radius 2 is 1.88 bits per heavy atom. The molecule has 0 saturated carbocycles. The standard InChI is InChI=1S/C14H20O3/c1-8(2)11-6-5-9(3)12(13(11)15)7-10(4)14(16)17/h5-6,8,10,15H,7H2,1-4H3,(H,16,17). The maximum atomic E-state index is 10.9. The molecule has 0 radical (unpaired) electrons. The van der Waals surface area contributed by atoms with E-state index in [1.807, 2.05) is 32.9 Å². The van der Waals surface area contributed by atoms with E-state index in [-0.39, 0.29) is 11.7 Å². The lowest BCUT2D eigenvalue weighted by Gasteiger charge is -2.16. The van der Waals surface area contributed by atoms with Gasteiger partial charge in [-0.15, -0.1) is 0 Å². The van der Waals surface area contributed by atoms with Crippen molar-refractivity contribution in [1.29, 1.82) is 0 Å². The van der Waals surface area contributed by atoms with E-state index < -0.39 is 11.9 Å². The first-order chi connectivity index (χ1) is 7.84. The van der Waals surface area contributed by atoms with Gasteiger partial charge < -0.3 is 10.2 Å². The molecule has 0 aliphatic heterocycles. The quantitative estimate of drug-likeness (QED) is 0.844. The van der Waals surface area contributed by atoms with E-state index in [1.54, 1.807) is 6.92 Å². The van der Waals surface area contributed by atoms with Crippen molar-refractivity contribution in [3.8, 4) is 5.75 Å². The van der Waals surface area contributed by atoms with Crippen molar-refractivity contribution in [3.63, 3.8) is 0 Å². The lowest BCUT2D eigenvalue weighted by Crippen LogP contribution is -2.13. The van der Waals surface area contributed by atoms with E-state index >= 15 is 0 Å². The van der Waals surface area contributed by atoms with Gasteiger partial charge in [0.05, 0.1) is 5.92 Å². The summed E-state index contributed by atoms with van der Waals surface area (Å²) in [6, 6.07) is 3.85. The van der Waals surface area contributed by atoms with Gasteiger partial charge in [-0.05, 0) is 36.0 Å². The zero-order valence-electron chi connectivity index (χ0n) is 10.8. The highest BCUT2D eigenvalue weighted by molar-refractivity contribution is 5.70. The van der Waals surface area contributed by atoms with Crippen molar-refractivity contribution in [2.24, 2.45) is 5.92 Å². The largest absolute Gasteiger partial charge is 0.507 e. The van der Waals surface area contributed by atoms with Crippen LogP contribution < -0.4 is 0 Å².